The van der Waals surface area contributed by atoms with Gasteiger partial charge in [-0.05, 0) is 19.4 Å². The molecule has 2 heteroatoms. The van der Waals surface area contributed by atoms with Crippen LogP contribution >= 0.6 is 11.8 Å². The Balaban J connectivity index is 2.37. The maximum Gasteiger partial charge on any atom is 0.0185 e. The number of benzene rings is 1. The summed E-state index contributed by atoms with van der Waals surface area (Å²) in [5.74, 6) is 2.11. The fourth-order valence-corrected chi connectivity index (χ4v) is 2.07. The molecule has 1 nitrogen and oxygen atoms in total. The molecule has 0 aliphatic carbocycles. The molecule has 0 aromatic heterocycles. The van der Waals surface area contributed by atoms with Crippen molar-refractivity contribution in [2.24, 2.45) is 5.73 Å². The smallest absolute Gasteiger partial charge is 0.0185 e. The van der Waals surface area contributed by atoms with Gasteiger partial charge in [-0.15, -0.1) is 0 Å². The van der Waals surface area contributed by atoms with E-state index in [1.807, 2.05) is 18.7 Å². The second kappa shape index (κ2) is 5.30. The van der Waals surface area contributed by atoms with Crippen molar-refractivity contribution in [3.63, 3.8) is 0 Å². The first-order valence-electron chi connectivity index (χ1n) is 4.57. The van der Waals surface area contributed by atoms with E-state index in [0.717, 1.165) is 11.5 Å². The van der Waals surface area contributed by atoms with Crippen molar-refractivity contribution in [3.05, 3.63) is 35.4 Å². The molecular formula is C11H17NS. The van der Waals surface area contributed by atoms with Crippen molar-refractivity contribution in [2.45, 2.75) is 25.6 Å². The predicted octanol–water partition coefficient (Wildman–Crippen LogP) is 2.58. The van der Waals surface area contributed by atoms with Gasteiger partial charge in [-0.2, -0.15) is 11.8 Å². The van der Waals surface area contributed by atoms with Gasteiger partial charge in [0, 0.05) is 17.5 Å². The van der Waals surface area contributed by atoms with Crippen LogP contribution in [0.2, 0.25) is 0 Å². The Morgan fingerprint density at radius 1 is 1.46 bits per heavy atom. The van der Waals surface area contributed by atoms with Crippen molar-refractivity contribution in [2.75, 3.05) is 5.75 Å². The number of thioether (sulfide) groups is 1. The van der Waals surface area contributed by atoms with Crippen LogP contribution in [0.1, 0.15) is 18.1 Å². The lowest BCUT2D eigenvalue weighted by molar-refractivity contribution is 0.847. The molecule has 0 saturated heterocycles. The molecule has 2 N–H and O–H groups in total. The van der Waals surface area contributed by atoms with Gasteiger partial charge >= 0.3 is 0 Å². The van der Waals surface area contributed by atoms with Crippen molar-refractivity contribution in [1.29, 1.82) is 0 Å². The molecule has 1 aromatic rings. The molecule has 72 valence electrons. The zero-order chi connectivity index (χ0) is 9.68. The first-order chi connectivity index (χ1) is 6.18. The van der Waals surface area contributed by atoms with Crippen molar-refractivity contribution < 1.29 is 0 Å². The standard InChI is InChI=1S/C11H17NS/c1-9-4-3-5-11(6-9)8-13-7-10(2)12/h3-6,10H,7-8,12H2,1-2H3/t10-/m0/s1. The topological polar surface area (TPSA) is 26.0 Å². The zero-order valence-electron chi connectivity index (χ0n) is 8.29. The summed E-state index contributed by atoms with van der Waals surface area (Å²) in [6.07, 6.45) is 0. The minimum Gasteiger partial charge on any atom is -0.327 e. The molecule has 0 saturated carbocycles. The van der Waals surface area contributed by atoms with E-state index in [1.54, 1.807) is 0 Å². The second-order valence-electron chi connectivity index (χ2n) is 3.48. The molecule has 0 radical (unpaired) electrons. The lowest BCUT2D eigenvalue weighted by atomic mass is 10.2. The largest absolute Gasteiger partial charge is 0.327 e. The fourth-order valence-electron chi connectivity index (χ4n) is 1.16. The van der Waals surface area contributed by atoms with E-state index in [-0.39, 0.29) is 0 Å². The van der Waals surface area contributed by atoms with Gasteiger partial charge in [-0.25, -0.2) is 0 Å². The van der Waals surface area contributed by atoms with Crippen molar-refractivity contribution in [3.8, 4) is 0 Å². The number of nitrogens with two attached hydrogens (primary N) is 1. The van der Waals surface area contributed by atoms with Crippen LogP contribution in [-0.2, 0) is 5.75 Å². The van der Waals surface area contributed by atoms with E-state index in [2.05, 4.69) is 31.2 Å². The van der Waals surface area contributed by atoms with Crippen LogP contribution in [0.3, 0.4) is 0 Å². The highest BCUT2D eigenvalue weighted by molar-refractivity contribution is 7.98. The van der Waals surface area contributed by atoms with Crippen LogP contribution in [0.15, 0.2) is 24.3 Å². The molecule has 1 aromatic carbocycles. The third kappa shape index (κ3) is 4.34. The summed E-state index contributed by atoms with van der Waals surface area (Å²) in [6, 6.07) is 8.93. The molecule has 0 aliphatic heterocycles. The molecule has 0 spiro atoms. The average molecular weight is 195 g/mol. The van der Waals surface area contributed by atoms with E-state index >= 15 is 0 Å². The summed E-state index contributed by atoms with van der Waals surface area (Å²) in [4.78, 5) is 0. The van der Waals surface area contributed by atoms with E-state index in [1.165, 1.54) is 11.1 Å². The molecule has 0 unspecified atom stereocenters. The van der Waals surface area contributed by atoms with E-state index in [4.69, 9.17) is 5.73 Å². The zero-order valence-corrected chi connectivity index (χ0v) is 9.10. The van der Waals surface area contributed by atoms with E-state index in [0.29, 0.717) is 6.04 Å². The fraction of sp³-hybridized carbons (Fsp3) is 0.455. The van der Waals surface area contributed by atoms with Crippen LogP contribution in [0.4, 0.5) is 0 Å². The summed E-state index contributed by atoms with van der Waals surface area (Å²) < 4.78 is 0. The number of aryl methyl sites for hydroxylation is 1. The summed E-state index contributed by atoms with van der Waals surface area (Å²) in [7, 11) is 0. The Labute approximate surface area is 84.7 Å². The Morgan fingerprint density at radius 2 is 2.23 bits per heavy atom. The van der Waals surface area contributed by atoms with Gasteiger partial charge in [0.2, 0.25) is 0 Å². The van der Waals surface area contributed by atoms with Crippen molar-refractivity contribution in [1.82, 2.24) is 0 Å². The maximum atomic E-state index is 5.67. The van der Waals surface area contributed by atoms with E-state index in [9.17, 15) is 0 Å². The Bertz CT molecular complexity index is 258. The minimum absolute atomic E-state index is 0.301. The lowest BCUT2D eigenvalue weighted by Crippen LogP contribution is -2.17. The number of hydrogen-bond acceptors (Lipinski definition) is 2. The lowest BCUT2D eigenvalue weighted by Gasteiger charge is -2.05. The molecule has 0 fully saturated rings. The van der Waals surface area contributed by atoms with Crippen LogP contribution in [0.25, 0.3) is 0 Å². The highest BCUT2D eigenvalue weighted by atomic mass is 32.2. The molecule has 13 heavy (non-hydrogen) atoms. The third-order valence-electron chi connectivity index (χ3n) is 1.73. The summed E-state index contributed by atoms with van der Waals surface area (Å²) in [5, 5.41) is 0. The Kier molecular flexibility index (Phi) is 4.33. The number of hydrogen-bond donors (Lipinski definition) is 1. The van der Waals surface area contributed by atoms with Gasteiger partial charge in [0.25, 0.3) is 0 Å². The monoisotopic (exact) mass is 195 g/mol. The van der Waals surface area contributed by atoms with Gasteiger partial charge in [0.1, 0.15) is 0 Å². The summed E-state index contributed by atoms with van der Waals surface area (Å²) in [6.45, 7) is 4.17. The first kappa shape index (κ1) is 10.6. The Morgan fingerprint density at radius 3 is 2.85 bits per heavy atom. The second-order valence-corrected chi connectivity index (χ2v) is 4.51. The van der Waals surface area contributed by atoms with Gasteiger partial charge in [0.05, 0.1) is 0 Å². The van der Waals surface area contributed by atoms with Crippen LogP contribution in [-0.4, -0.2) is 11.8 Å². The summed E-state index contributed by atoms with van der Waals surface area (Å²) in [5.41, 5.74) is 8.39. The maximum absolute atomic E-state index is 5.67. The van der Waals surface area contributed by atoms with Crippen LogP contribution < -0.4 is 5.73 Å². The van der Waals surface area contributed by atoms with E-state index < -0.39 is 0 Å². The van der Waals surface area contributed by atoms with Crippen molar-refractivity contribution >= 4 is 11.8 Å². The first-order valence-corrected chi connectivity index (χ1v) is 5.73. The third-order valence-corrected chi connectivity index (χ3v) is 3.03. The van der Waals surface area contributed by atoms with Crippen LogP contribution in [0.5, 0.6) is 0 Å². The van der Waals surface area contributed by atoms with Gasteiger partial charge in [-0.3, -0.25) is 0 Å². The molecule has 0 bridgehead atoms. The average Bonchev–Trinajstić information content (AvgIpc) is 2.03. The van der Waals surface area contributed by atoms with Gasteiger partial charge in [0.15, 0.2) is 0 Å². The highest BCUT2D eigenvalue weighted by Crippen LogP contribution is 2.13. The SMILES string of the molecule is Cc1cccc(CSC[C@H](C)N)c1. The summed E-state index contributed by atoms with van der Waals surface area (Å²) >= 11 is 1.90. The number of rotatable bonds is 4. The van der Waals surface area contributed by atoms with Gasteiger partial charge < -0.3 is 5.73 Å². The molecule has 1 atom stereocenters. The quantitative estimate of drug-likeness (QED) is 0.799. The Hall–Kier alpha value is -0.470. The molecular weight excluding hydrogens is 178 g/mol. The normalized spacial score (nSPS) is 12.8. The molecule has 0 amide bonds. The predicted molar refractivity (Wildman–Crippen MR) is 61.0 cm³/mol. The van der Waals surface area contributed by atoms with Gasteiger partial charge in [-0.1, -0.05) is 29.8 Å². The highest BCUT2D eigenvalue weighted by Gasteiger charge is 1.96. The molecule has 1 rings (SSSR count). The van der Waals surface area contributed by atoms with Crippen LogP contribution in [0, 0.1) is 6.92 Å². The molecule has 0 aliphatic rings. The molecule has 0 heterocycles. The minimum atomic E-state index is 0.301.